The fourth-order valence-corrected chi connectivity index (χ4v) is 1.80. The van der Waals surface area contributed by atoms with Crippen LogP contribution in [0.4, 0.5) is 4.39 Å². The third kappa shape index (κ3) is 3.81. The van der Waals surface area contributed by atoms with E-state index in [2.05, 4.69) is 15.9 Å². The maximum absolute atomic E-state index is 13.5. The Morgan fingerprint density at radius 3 is 2.47 bits per heavy atom. The SMILES string of the molecule is O=C(O)CCC(C(=O)O)c1ccc(Br)cc1F. The molecule has 1 rings (SSSR count). The third-order valence-corrected chi connectivity index (χ3v) is 2.78. The summed E-state index contributed by atoms with van der Waals surface area (Å²) in [5, 5.41) is 17.5. The molecule has 6 heteroatoms. The molecule has 1 aromatic carbocycles. The highest BCUT2D eigenvalue weighted by Crippen LogP contribution is 2.26. The lowest BCUT2D eigenvalue weighted by molar-refractivity contribution is -0.140. The van der Waals surface area contributed by atoms with Crippen molar-refractivity contribution in [3.05, 3.63) is 34.1 Å². The molecular weight excluding hydrogens is 295 g/mol. The van der Waals surface area contributed by atoms with Crippen LogP contribution in [-0.2, 0) is 9.59 Å². The number of hydrogen-bond acceptors (Lipinski definition) is 2. The van der Waals surface area contributed by atoms with Crippen LogP contribution >= 0.6 is 15.9 Å². The highest BCUT2D eigenvalue weighted by Gasteiger charge is 2.23. The second kappa shape index (κ2) is 5.77. The van der Waals surface area contributed by atoms with E-state index in [1.54, 1.807) is 0 Å². The first-order valence-corrected chi connectivity index (χ1v) is 5.60. The molecule has 0 aliphatic rings. The minimum Gasteiger partial charge on any atom is -0.481 e. The molecular formula is C11H10BrFO4. The summed E-state index contributed by atoms with van der Waals surface area (Å²) in [6.07, 6.45) is -0.449. The number of rotatable bonds is 5. The van der Waals surface area contributed by atoms with E-state index in [1.165, 1.54) is 12.1 Å². The Bertz CT molecular complexity index is 447. The number of carboxylic acids is 2. The molecule has 0 amide bonds. The van der Waals surface area contributed by atoms with E-state index < -0.39 is 23.7 Å². The summed E-state index contributed by atoms with van der Waals surface area (Å²) >= 11 is 3.06. The Hall–Kier alpha value is -1.43. The van der Waals surface area contributed by atoms with Crippen LogP contribution in [0.3, 0.4) is 0 Å². The van der Waals surface area contributed by atoms with Gasteiger partial charge in [-0.2, -0.15) is 0 Å². The van der Waals surface area contributed by atoms with Crippen molar-refractivity contribution in [1.29, 1.82) is 0 Å². The number of benzene rings is 1. The van der Waals surface area contributed by atoms with Crippen LogP contribution in [0.2, 0.25) is 0 Å². The zero-order chi connectivity index (χ0) is 13.0. The minimum atomic E-state index is -1.23. The molecule has 92 valence electrons. The van der Waals surface area contributed by atoms with Crippen molar-refractivity contribution in [3.63, 3.8) is 0 Å². The summed E-state index contributed by atoms with van der Waals surface area (Å²) in [6.45, 7) is 0. The maximum atomic E-state index is 13.5. The third-order valence-electron chi connectivity index (χ3n) is 2.28. The van der Waals surface area contributed by atoms with Gasteiger partial charge < -0.3 is 10.2 Å². The van der Waals surface area contributed by atoms with E-state index in [-0.39, 0.29) is 18.4 Å². The lowest BCUT2D eigenvalue weighted by atomic mass is 9.94. The van der Waals surface area contributed by atoms with Crippen LogP contribution in [0.5, 0.6) is 0 Å². The van der Waals surface area contributed by atoms with Crippen LogP contribution in [0.25, 0.3) is 0 Å². The van der Waals surface area contributed by atoms with Gasteiger partial charge in [-0.3, -0.25) is 9.59 Å². The van der Waals surface area contributed by atoms with Gasteiger partial charge in [-0.1, -0.05) is 22.0 Å². The number of hydrogen-bond donors (Lipinski definition) is 2. The van der Waals surface area contributed by atoms with Gasteiger partial charge in [-0.15, -0.1) is 0 Å². The topological polar surface area (TPSA) is 74.6 Å². The summed E-state index contributed by atoms with van der Waals surface area (Å²) in [5.41, 5.74) is 0.00181. The molecule has 1 aromatic rings. The van der Waals surface area contributed by atoms with Gasteiger partial charge in [0.25, 0.3) is 0 Å². The molecule has 0 aliphatic heterocycles. The Morgan fingerprint density at radius 1 is 1.35 bits per heavy atom. The molecule has 17 heavy (non-hydrogen) atoms. The molecule has 0 radical (unpaired) electrons. The predicted octanol–water partition coefficient (Wildman–Crippen LogP) is 2.62. The summed E-state index contributed by atoms with van der Waals surface area (Å²) in [6, 6.07) is 4.03. The smallest absolute Gasteiger partial charge is 0.311 e. The number of carboxylic acid groups (broad SMARTS) is 2. The zero-order valence-electron chi connectivity index (χ0n) is 8.69. The fraction of sp³-hybridized carbons (Fsp3) is 0.273. The van der Waals surface area contributed by atoms with Crippen LogP contribution in [0.15, 0.2) is 22.7 Å². The number of aliphatic carboxylic acids is 2. The van der Waals surface area contributed by atoms with E-state index in [1.807, 2.05) is 0 Å². The highest BCUT2D eigenvalue weighted by atomic mass is 79.9. The Kier molecular flexibility index (Phi) is 4.62. The van der Waals surface area contributed by atoms with E-state index >= 15 is 0 Å². The molecule has 0 bridgehead atoms. The van der Waals surface area contributed by atoms with Gasteiger partial charge in [-0.25, -0.2) is 4.39 Å². The first-order valence-electron chi connectivity index (χ1n) is 4.81. The monoisotopic (exact) mass is 304 g/mol. The standard InChI is InChI=1S/C11H10BrFO4/c12-6-1-2-7(9(13)5-6)8(11(16)17)3-4-10(14)15/h1-2,5,8H,3-4H2,(H,14,15)(H,16,17). The average molecular weight is 305 g/mol. The van der Waals surface area contributed by atoms with Gasteiger partial charge in [0.2, 0.25) is 0 Å². The van der Waals surface area contributed by atoms with Crippen molar-refractivity contribution in [1.82, 2.24) is 0 Å². The Balaban J connectivity index is 2.97. The van der Waals surface area contributed by atoms with E-state index in [0.29, 0.717) is 4.47 Å². The lowest BCUT2D eigenvalue weighted by Gasteiger charge is -2.12. The molecule has 0 saturated heterocycles. The van der Waals surface area contributed by atoms with Gasteiger partial charge in [-0.05, 0) is 18.6 Å². The molecule has 2 N–H and O–H groups in total. The van der Waals surface area contributed by atoms with Gasteiger partial charge in [0.05, 0.1) is 5.92 Å². The van der Waals surface area contributed by atoms with Crippen LogP contribution in [0.1, 0.15) is 24.3 Å². The van der Waals surface area contributed by atoms with Crippen LogP contribution in [0, 0.1) is 5.82 Å². The summed E-state index contributed by atoms with van der Waals surface area (Å²) in [5.74, 6) is -4.13. The molecule has 1 atom stereocenters. The first-order chi connectivity index (χ1) is 7.91. The second-order valence-electron chi connectivity index (χ2n) is 3.49. The minimum absolute atomic E-state index is 0.00181. The van der Waals surface area contributed by atoms with Crippen molar-refractivity contribution in [2.45, 2.75) is 18.8 Å². The zero-order valence-corrected chi connectivity index (χ0v) is 10.3. The van der Waals surface area contributed by atoms with Gasteiger partial charge in [0.1, 0.15) is 5.82 Å². The quantitative estimate of drug-likeness (QED) is 0.877. The molecule has 0 aliphatic carbocycles. The van der Waals surface area contributed by atoms with Gasteiger partial charge in [0.15, 0.2) is 0 Å². The van der Waals surface area contributed by atoms with E-state index in [9.17, 15) is 14.0 Å². The summed E-state index contributed by atoms with van der Waals surface area (Å²) in [7, 11) is 0. The second-order valence-corrected chi connectivity index (χ2v) is 4.40. The fourth-order valence-electron chi connectivity index (χ4n) is 1.46. The van der Waals surface area contributed by atoms with Crippen molar-refractivity contribution in [2.24, 2.45) is 0 Å². The van der Waals surface area contributed by atoms with Gasteiger partial charge in [0, 0.05) is 16.5 Å². The highest BCUT2D eigenvalue weighted by molar-refractivity contribution is 9.10. The Labute approximate surface area is 105 Å². The van der Waals surface area contributed by atoms with Crippen LogP contribution in [-0.4, -0.2) is 22.2 Å². The number of halogens is 2. The van der Waals surface area contributed by atoms with Crippen LogP contribution < -0.4 is 0 Å². The van der Waals surface area contributed by atoms with Crippen molar-refractivity contribution in [2.75, 3.05) is 0 Å². The largest absolute Gasteiger partial charge is 0.481 e. The normalized spacial score (nSPS) is 12.1. The molecule has 0 heterocycles. The molecule has 0 aromatic heterocycles. The van der Waals surface area contributed by atoms with Crippen molar-refractivity contribution < 1.29 is 24.2 Å². The molecule has 0 saturated carbocycles. The average Bonchev–Trinajstić information content (AvgIpc) is 2.20. The lowest BCUT2D eigenvalue weighted by Crippen LogP contribution is -2.14. The summed E-state index contributed by atoms with van der Waals surface area (Å²) < 4.78 is 14.0. The molecule has 4 nitrogen and oxygen atoms in total. The van der Waals surface area contributed by atoms with Crippen molar-refractivity contribution in [3.8, 4) is 0 Å². The summed E-state index contributed by atoms with van der Waals surface area (Å²) in [4.78, 5) is 21.4. The van der Waals surface area contributed by atoms with Crippen molar-refractivity contribution >= 4 is 27.9 Å². The maximum Gasteiger partial charge on any atom is 0.311 e. The Morgan fingerprint density at radius 2 is 2.00 bits per heavy atom. The molecule has 0 fully saturated rings. The van der Waals surface area contributed by atoms with Gasteiger partial charge >= 0.3 is 11.9 Å². The van der Waals surface area contributed by atoms with E-state index in [0.717, 1.165) is 6.07 Å². The first kappa shape index (κ1) is 13.6. The number of carbonyl (C=O) groups is 2. The predicted molar refractivity (Wildman–Crippen MR) is 61.3 cm³/mol. The molecule has 1 unspecified atom stereocenters. The molecule has 0 spiro atoms. The van der Waals surface area contributed by atoms with E-state index in [4.69, 9.17) is 10.2 Å².